The second kappa shape index (κ2) is 32.1. The van der Waals surface area contributed by atoms with E-state index in [4.69, 9.17) is 15.6 Å². The Bertz CT molecular complexity index is 857. The molecule has 0 saturated heterocycles. The van der Waals surface area contributed by atoms with Gasteiger partial charge >= 0.3 is 306 Å². The molecule has 0 N–H and O–H groups in total. The molecule has 49 heavy (non-hydrogen) atoms. The van der Waals surface area contributed by atoms with Crippen molar-refractivity contribution < 1.29 is 34.8 Å². The first-order valence-corrected chi connectivity index (χ1v) is 26.2. The molecule has 0 bridgehead atoms. The quantitative estimate of drug-likeness (QED) is 0.0287. The first kappa shape index (κ1) is 47.2. The van der Waals surface area contributed by atoms with E-state index in [9.17, 15) is 19.2 Å². The number of esters is 2. The van der Waals surface area contributed by atoms with Crippen LogP contribution in [-0.2, 0) is 34.8 Å². The van der Waals surface area contributed by atoms with Crippen LogP contribution < -0.4 is 0 Å². The third-order valence-electron chi connectivity index (χ3n) is 9.12. The number of carbonyl (C=O) groups is 4. The number of carbonyl (C=O) groups excluding carboxylic acids is 4. The fourth-order valence-electron chi connectivity index (χ4n) is 5.70. The van der Waals surface area contributed by atoms with Gasteiger partial charge in [-0.15, -0.1) is 0 Å². The van der Waals surface area contributed by atoms with Crippen molar-refractivity contribution in [3.05, 3.63) is 24.3 Å². The van der Waals surface area contributed by atoms with Crippen LogP contribution >= 0.6 is 0 Å². The standard InChI is InChI=1S/2C12H20O4.2C8H17.Sn/c2*1-3-5-6-10(4-2)9-16-12(15)8-7-11(13)14;2*1-3-5-7-8-6-4-2;/h2*7-8,10H,3-6,9H2,1-2H3,(H,13,14);2*1,3-8H2,2H3;/q;;;;+2/p-2/b2*8-7+;;;/t2*10-;;;/m00.../s1. The fourth-order valence-corrected chi connectivity index (χ4v) is 14.7. The van der Waals surface area contributed by atoms with Gasteiger partial charge in [-0.1, -0.05) is 0 Å². The Morgan fingerprint density at radius 2 is 0.776 bits per heavy atom. The summed E-state index contributed by atoms with van der Waals surface area (Å²) in [5.41, 5.74) is 0. The Labute approximate surface area is 304 Å². The van der Waals surface area contributed by atoms with Gasteiger partial charge in [0.15, 0.2) is 0 Å². The van der Waals surface area contributed by atoms with Crippen LogP contribution in [0.2, 0.25) is 8.87 Å². The number of hydrogen-bond acceptors (Lipinski definition) is 8. The molecule has 284 valence electrons. The van der Waals surface area contributed by atoms with Crippen LogP contribution in [-0.4, -0.2) is 56.3 Å². The number of unbranched alkanes of at least 4 members (excludes halogenated alkanes) is 12. The van der Waals surface area contributed by atoms with Gasteiger partial charge < -0.3 is 0 Å². The molecule has 0 saturated carbocycles. The van der Waals surface area contributed by atoms with Gasteiger partial charge in [0.05, 0.1) is 0 Å². The molecule has 0 aliphatic carbocycles. The van der Waals surface area contributed by atoms with Gasteiger partial charge in [-0.2, -0.15) is 0 Å². The summed E-state index contributed by atoms with van der Waals surface area (Å²) in [5, 5.41) is 0. The summed E-state index contributed by atoms with van der Waals surface area (Å²) >= 11 is -4.40. The van der Waals surface area contributed by atoms with Crippen LogP contribution in [0.25, 0.3) is 0 Å². The van der Waals surface area contributed by atoms with Gasteiger partial charge in [-0.25, -0.2) is 0 Å². The van der Waals surface area contributed by atoms with Crippen molar-refractivity contribution >= 4 is 43.1 Å². The zero-order chi connectivity index (χ0) is 36.6. The van der Waals surface area contributed by atoms with Crippen molar-refractivity contribution in [2.75, 3.05) is 13.2 Å². The molecule has 0 aliphatic heterocycles. The van der Waals surface area contributed by atoms with Crippen LogP contribution in [0.1, 0.15) is 170 Å². The van der Waals surface area contributed by atoms with Gasteiger partial charge in [0, 0.05) is 0 Å². The normalized spacial score (nSPS) is 13.0. The van der Waals surface area contributed by atoms with Crippen molar-refractivity contribution in [3.63, 3.8) is 0 Å². The van der Waals surface area contributed by atoms with Crippen molar-refractivity contribution in [1.29, 1.82) is 0 Å². The van der Waals surface area contributed by atoms with Gasteiger partial charge in [-0.05, 0) is 0 Å². The van der Waals surface area contributed by atoms with E-state index in [0.29, 0.717) is 33.9 Å². The Morgan fingerprint density at radius 1 is 0.449 bits per heavy atom. The van der Waals surface area contributed by atoms with E-state index in [1.807, 2.05) is 0 Å². The monoisotopic (exact) mass is 800 g/mol. The summed E-state index contributed by atoms with van der Waals surface area (Å²) in [7, 11) is 0. The van der Waals surface area contributed by atoms with Crippen LogP contribution in [0.15, 0.2) is 24.3 Å². The zero-order valence-corrected chi connectivity index (χ0v) is 35.1. The molecule has 9 heteroatoms. The van der Waals surface area contributed by atoms with Crippen LogP contribution in [0.5, 0.6) is 0 Å². The summed E-state index contributed by atoms with van der Waals surface area (Å²) in [5.74, 6) is -1.95. The second-order valence-electron chi connectivity index (χ2n) is 13.5. The Kier molecular flexibility index (Phi) is 30.9. The van der Waals surface area contributed by atoms with E-state index in [0.717, 1.165) is 140 Å². The molecular weight excluding hydrogens is 727 g/mol. The minimum atomic E-state index is -4.40. The van der Waals surface area contributed by atoms with Crippen LogP contribution in [0.4, 0.5) is 0 Å². The van der Waals surface area contributed by atoms with E-state index in [1.54, 1.807) is 0 Å². The molecule has 0 unspecified atom stereocenters. The predicted molar refractivity (Wildman–Crippen MR) is 201 cm³/mol. The molecule has 0 amide bonds. The molecule has 0 aromatic rings. The third kappa shape index (κ3) is 26.6. The first-order chi connectivity index (χ1) is 23.7. The van der Waals surface area contributed by atoms with Crippen LogP contribution in [0.3, 0.4) is 0 Å². The summed E-state index contributed by atoms with van der Waals surface area (Å²) in [6.07, 6.45) is 25.2. The molecule has 0 spiro atoms. The summed E-state index contributed by atoms with van der Waals surface area (Å²) in [6.45, 7) is 13.4. The molecule has 0 radical (unpaired) electrons. The second-order valence-corrected chi connectivity index (χ2v) is 22.8. The van der Waals surface area contributed by atoms with Crippen molar-refractivity contribution in [1.82, 2.24) is 0 Å². The molecular formula is C40H72O8Sn. The Balaban J connectivity index is 5.78. The maximum absolute atomic E-state index is 13.2. The van der Waals surface area contributed by atoms with Crippen molar-refractivity contribution in [3.8, 4) is 0 Å². The summed E-state index contributed by atoms with van der Waals surface area (Å²) in [4.78, 5) is 51.3. The molecule has 0 aromatic carbocycles. The average Bonchev–Trinajstić information content (AvgIpc) is 3.09. The predicted octanol–water partition coefficient (Wildman–Crippen LogP) is 10.9. The van der Waals surface area contributed by atoms with E-state index in [-0.39, 0.29) is 0 Å². The molecule has 0 aliphatic rings. The third-order valence-corrected chi connectivity index (χ3v) is 18.8. The van der Waals surface area contributed by atoms with E-state index < -0.39 is 43.1 Å². The SMILES string of the molecule is CCCCCCC[CH2][Sn]([CH2]CCCCCCC)([O]C(=O)/C=C/C(=O)OC[C@@H](CC)CCCC)[O]C(=O)/C=C/C(=O)OC[C@@H](CC)CCCC. The topological polar surface area (TPSA) is 105 Å². The van der Waals surface area contributed by atoms with Gasteiger partial charge in [-0.3, -0.25) is 0 Å². The molecule has 0 rings (SSSR count). The van der Waals surface area contributed by atoms with E-state index in [1.165, 1.54) is 12.8 Å². The van der Waals surface area contributed by atoms with Crippen molar-refractivity contribution in [2.45, 2.75) is 179 Å². The molecule has 0 heterocycles. The van der Waals surface area contributed by atoms with Crippen LogP contribution in [0, 0.1) is 11.8 Å². The van der Waals surface area contributed by atoms with Gasteiger partial charge in [0.1, 0.15) is 0 Å². The summed E-state index contributed by atoms with van der Waals surface area (Å²) in [6, 6.07) is 0. The first-order valence-electron chi connectivity index (χ1n) is 19.8. The average molecular weight is 800 g/mol. The van der Waals surface area contributed by atoms with Crippen molar-refractivity contribution in [2.24, 2.45) is 11.8 Å². The Hall–Kier alpha value is -1.84. The molecule has 0 aromatic heterocycles. The summed E-state index contributed by atoms with van der Waals surface area (Å²) < 4.78 is 24.2. The number of ether oxygens (including phenoxy) is 2. The van der Waals surface area contributed by atoms with E-state index >= 15 is 0 Å². The molecule has 2 atom stereocenters. The number of hydrogen-bond donors (Lipinski definition) is 0. The fraction of sp³-hybridized carbons (Fsp3) is 0.800. The maximum atomic E-state index is 13.2. The van der Waals surface area contributed by atoms with Gasteiger partial charge in [0.25, 0.3) is 0 Å². The minimum absolute atomic E-state index is 0.293. The number of rotatable bonds is 32. The molecule has 8 nitrogen and oxygen atoms in total. The molecule has 0 fully saturated rings. The van der Waals surface area contributed by atoms with Gasteiger partial charge in [0.2, 0.25) is 0 Å². The Morgan fingerprint density at radius 3 is 1.12 bits per heavy atom. The van der Waals surface area contributed by atoms with E-state index in [2.05, 4.69) is 41.5 Å². The zero-order valence-electron chi connectivity index (χ0n) is 32.2.